The molecule has 0 saturated heterocycles. The molecule has 1 aromatic heterocycles. The van der Waals surface area contributed by atoms with Crippen LogP contribution in [-0.4, -0.2) is 26.1 Å². The Morgan fingerprint density at radius 1 is 0.404 bits per heavy atom. The molecular formula is C48H38N2Si2. The predicted molar refractivity (Wildman–Crippen MR) is 224 cm³/mol. The zero-order valence-corrected chi connectivity index (χ0v) is 31.4. The van der Waals surface area contributed by atoms with E-state index in [0.717, 1.165) is 28.2 Å². The number of nitrogens with zero attached hydrogens (tertiary/aromatic N) is 2. The van der Waals surface area contributed by atoms with Gasteiger partial charge in [0.25, 0.3) is 0 Å². The second kappa shape index (κ2) is 13.0. The zero-order valence-electron chi connectivity index (χ0n) is 29.4. The molecule has 0 unspecified atom stereocenters. The molecule has 0 aliphatic carbocycles. The van der Waals surface area contributed by atoms with Crippen LogP contribution in [-0.2, 0) is 0 Å². The normalized spacial score (nSPS) is 13.0. The third-order valence-electron chi connectivity index (χ3n) is 10.8. The molecule has 0 fully saturated rings. The molecule has 4 heteroatoms. The van der Waals surface area contributed by atoms with Crippen LogP contribution in [0.5, 0.6) is 0 Å². The Morgan fingerprint density at radius 3 is 1.48 bits per heavy atom. The maximum Gasteiger partial charge on any atom is 0.179 e. The molecule has 52 heavy (non-hydrogen) atoms. The summed E-state index contributed by atoms with van der Waals surface area (Å²) in [6.45, 7) is 4.85. The SMILES string of the molecule is C[Si]1(C)c2ccccc2-c2c(-c3ccccc3)nc(-c3cccc(-c4cccc([Si](c5ccccc5)(c5ccccc5)c5ccccc5)c4)c3)nc21. The molecule has 0 saturated carbocycles. The molecule has 1 aliphatic heterocycles. The topological polar surface area (TPSA) is 25.8 Å². The molecule has 7 aromatic carbocycles. The lowest BCUT2D eigenvalue weighted by Crippen LogP contribution is -2.74. The molecule has 0 radical (unpaired) electrons. The van der Waals surface area contributed by atoms with E-state index in [1.807, 2.05) is 0 Å². The minimum Gasteiger partial charge on any atom is -0.237 e. The average Bonchev–Trinajstić information content (AvgIpc) is 3.45. The minimum absolute atomic E-state index is 0.783. The Kier molecular flexibility index (Phi) is 7.99. The van der Waals surface area contributed by atoms with Crippen LogP contribution in [0.4, 0.5) is 0 Å². The van der Waals surface area contributed by atoms with Gasteiger partial charge in [-0.15, -0.1) is 0 Å². The van der Waals surface area contributed by atoms with Gasteiger partial charge in [0.05, 0.1) is 5.69 Å². The number of hydrogen-bond acceptors (Lipinski definition) is 2. The van der Waals surface area contributed by atoms with Crippen LogP contribution < -0.4 is 31.3 Å². The molecule has 0 N–H and O–H groups in total. The molecule has 2 heterocycles. The summed E-state index contributed by atoms with van der Waals surface area (Å²) in [7, 11) is -4.72. The lowest BCUT2D eigenvalue weighted by atomic mass is 10.00. The highest BCUT2D eigenvalue weighted by atomic mass is 28.3. The third kappa shape index (κ3) is 5.22. The summed E-state index contributed by atoms with van der Waals surface area (Å²) in [6.07, 6.45) is 0. The van der Waals surface area contributed by atoms with Crippen molar-refractivity contribution in [2.75, 3.05) is 0 Å². The van der Waals surface area contributed by atoms with E-state index in [0.29, 0.717) is 0 Å². The summed E-state index contributed by atoms with van der Waals surface area (Å²) < 4.78 is 0. The second-order valence-corrected chi connectivity index (χ2v) is 22.2. The van der Waals surface area contributed by atoms with Crippen molar-refractivity contribution in [2.24, 2.45) is 0 Å². The highest BCUT2D eigenvalue weighted by molar-refractivity contribution is 7.20. The molecule has 0 spiro atoms. The maximum atomic E-state index is 5.45. The quantitative estimate of drug-likeness (QED) is 0.126. The minimum atomic E-state index is -2.67. The van der Waals surface area contributed by atoms with Crippen LogP contribution >= 0.6 is 0 Å². The van der Waals surface area contributed by atoms with Gasteiger partial charge in [0.2, 0.25) is 0 Å². The Labute approximate surface area is 308 Å². The number of hydrogen-bond donors (Lipinski definition) is 0. The van der Waals surface area contributed by atoms with Gasteiger partial charge in [-0.3, -0.25) is 0 Å². The van der Waals surface area contributed by atoms with E-state index < -0.39 is 16.1 Å². The first-order chi connectivity index (χ1) is 25.5. The third-order valence-corrected chi connectivity index (χ3v) is 18.9. The average molecular weight is 699 g/mol. The summed E-state index contributed by atoms with van der Waals surface area (Å²) in [5, 5.41) is 8.10. The van der Waals surface area contributed by atoms with Crippen molar-refractivity contribution < 1.29 is 0 Å². The highest BCUT2D eigenvalue weighted by Crippen LogP contribution is 2.36. The number of aromatic nitrogens is 2. The van der Waals surface area contributed by atoms with Crippen LogP contribution in [0.3, 0.4) is 0 Å². The van der Waals surface area contributed by atoms with Gasteiger partial charge < -0.3 is 0 Å². The predicted octanol–water partition coefficient (Wildman–Crippen LogP) is 7.66. The van der Waals surface area contributed by atoms with Gasteiger partial charge in [-0.25, -0.2) is 9.97 Å². The zero-order chi connectivity index (χ0) is 35.1. The smallest absolute Gasteiger partial charge is 0.179 e. The lowest BCUT2D eigenvalue weighted by molar-refractivity contribution is 1.21. The first-order valence-corrected chi connectivity index (χ1v) is 23.0. The van der Waals surface area contributed by atoms with E-state index in [4.69, 9.17) is 9.97 Å². The molecule has 9 rings (SSSR count). The van der Waals surface area contributed by atoms with E-state index in [9.17, 15) is 0 Å². The van der Waals surface area contributed by atoms with Crippen LogP contribution in [0.15, 0.2) is 194 Å². The van der Waals surface area contributed by atoms with Gasteiger partial charge in [-0.1, -0.05) is 201 Å². The van der Waals surface area contributed by atoms with Crippen molar-refractivity contribution in [3.8, 4) is 44.9 Å². The highest BCUT2D eigenvalue weighted by Gasteiger charge is 2.42. The van der Waals surface area contributed by atoms with E-state index in [1.165, 1.54) is 47.9 Å². The van der Waals surface area contributed by atoms with Crippen molar-refractivity contribution in [3.05, 3.63) is 194 Å². The van der Waals surface area contributed by atoms with Crippen molar-refractivity contribution >= 4 is 47.4 Å². The molecule has 0 atom stereocenters. The maximum absolute atomic E-state index is 5.45. The van der Waals surface area contributed by atoms with Gasteiger partial charge in [-0.05, 0) is 48.7 Å². The van der Waals surface area contributed by atoms with Gasteiger partial charge in [-0.2, -0.15) is 0 Å². The fourth-order valence-corrected chi connectivity index (χ4v) is 16.0. The van der Waals surface area contributed by atoms with Gasteiger partial charge in [0.1, 0.15) is 8.07 Å². The second-order valence-electron chi connectivity index (χ2n) is 14.2. The molecule has 1 aliphatic rings. The van der Waals surface area contributed by atoms with Crippen molar-refractivity contribution in [1.29, 1.82) is 0 Å². The Morgan fingerprint density at radius 2 is 0.865 bits per heavy atom. The standard InChI is InChI=1S/C48H38N2Si2/c1-51(2)44-32-16-15-31-43(44)45-46(35-19-7-3-8-20-35)49-47(50-48(45)51)38-23-17-21-36(33-38)37-22-18-30-42(34-37)52(39-24-9-4-10-25-39,40-26-11-5-12-27-40)41-28-13-6-14-29-41/h3-34H,1-2H3. The molecular weight excluding hydrogens is 661 g/mol. The van der Waals surface area contributed by atoms with Crippen molar-refractivity contribution in [3.63, 3.8) is 0 Å². The first kappa shape index (κ1) is 32.0. The van der Waals surface area contributed by atoms with E-state index in [-0.39, 0.29) is 0 Å². The first-order valence-electron chi connectivity index (χ1n) is 18.0. The van der Waals surface area contributed by atoms with Crippen LogP contribution in [0.1, 0.15) is 0 Å². The summed E-state index contributed by atoms with van der Waals surface area (Å²) >= 11 is 0. The van der Waals surface area contributed by atoms with E-state index in [2.05, 4.69) is 207 Å². The van der Waals surface area contributed by atoms with Crippen LogP contribution in [0.2, 0.25) is 13.1 Å². The van der Waals surface area contributed by atoms with Crippen molar-refractivity contribution in [1.82, 2.24) is 9.97 Å². The molecule has 0 amide bonds. The van der Waals surface area contributed by atoms with Gasteiger partial charge in [0, 0.05) is 22.0 Å². The number of fused-ring (bicyclic) bond motifs is 3. The molecule has 0 bridgehead atoms. The molecule has 2 nitrogen and oxygen atoms in total. The number of rotatable bonds is 7. The monoisotopic (exact) mass is 698 g/mol. The Balaban J connectivity index is 1.22. The molecule has 248 valence electrons. The van der Waals surface area contributed by atoms with E-state index in [1.54, 1.807) is 0 Å². The van der Waals surface area contributed by atoms with Gasteiger partial charge in [0.15, 0.2) is 13.9 Å². The van der Waals surface area contributed by atoms with Crippen molar-refractivity contribution in [2.45, 2.75) is 13.1 Å². The number of benzene rings is 7. The largest absolute Gasteiger partial charge is 0.237 e. The summed E-state index contributed by atoms with van der Waals surface area (Å²) in [6, 6.07) is 70.9. The molecule has 8 aromatic rings. The summed E-state index contributed by atoms with van der Waals surface area (Å²) in [5.74, 6) is 0.783. The van der Waals surface area contributed by atoms with Crippen LogP contribution in [0.25, 0.3) is 44.9 Å². The fourth-order valence-electron chi connectivity index (χ4n) is 8.31. The van der Waals surface area contributed by atoms with Gasteiger partial charge >= 0.3 is 0 Å². The Hall–Kier alpha value is -5.95. The fraction of sp³-hybridized carbons (Fsp3) is 0.0417. The summed E-state index contributed by atoms with van der Waals surface area (Å²) in [4.78, 5) is 10.8. The van der Waals surface area contributed by atoms with E-state index >= 15 is 0 Å². The summed E-state index contributed by atoms with van der Waals surface area (Å²) in [5.41, 5.74) is 8.00. The Bertz CT molecular complexity index is 2440. The lowest BCUT2D eigenvalue weighted by Gasteiger charge is -2.34. The van der Waals surface area contributed by atoms with Crippen LogP contribution in [0, 0.1) is 0 Å².